The third-order valence-corrected chi connectivity index (χ3v) is 7.76. The molecule has 0 amide bonds. The van der Waals surface area contributed by atoms with Crippen LogP contribution < -0.4 is 5.32 Å². The summed E-state index contributed by atoms with van der Waals surface area (Å²) < 4.78 is 0. The van der Waals surface area contributed by atoms with Crippen molar-refractivity contribution in [3.05, 3.63) is 53.3 Å². The van der Waals surface area contributed by atoms with E-state index >= 15 is 0 Å². The fraction of sp³-hybridized carbons (Fsp3) is 0.440. The Morgan fingerprint density at radius 2 is 1.91 bits per heavy atom. The molecule has 0 bridgehead atoms. The number of anilines is 2. The number of aliphatic hydroxyl groups is 1. The van der Waals surface area contributed by atoms with Crippen LogP contribution >= 0.6 is 11.3 Å². The number of hydrogen-bond acceptors (Lipinski definition) is 7. The van der Waals surface area contributed by atoms with Crippen LogP contribution in [0.5, 0.6) is 0 Å². The minimum absolute atomic E-state index is 0.00707. The second-order valence-electron chi connectivity index (χ2n) is 9.23. The molecule has 1 aliphatic carbocycles. The van der Waals surface area contributed by atoms with Crippen LogP contribution in [0.1, 0.15) is 62.9 Å². The fourth-order valence-electron chi connectivity index (χ4n) is 4.35. The lowest BCUT2D eigenvalue weighted by Gasteiger charge is -2.35. The van der Waals surface area contributed by atoms with Gasteiger partial charge in [0.25, 0.3) is 0 Å². The monoisotopic (exact) mass is 466 g/mol. The van der Waals surface area contributed by atoms with Crippen molar-refractivity contribution in [2.45, 2.75) is 58.0 Å². The Balaban J connectivity index is 1.49. The number of nitrogens with zero attached hydrogens (tertiary/aromatic N) is 3. The number of pyridine rings is 2. The molecule has 0 radical (unpaired) electrons. The van der Waals surface area contributed by atoms with Crippen molar-refractivity contribution in [2.75, 3.05) is 5.32 Å². The van der Waals surface area contributed by atoms with Crippen LogP contribution in [0.25, 0.3) is 10.6 Å². The van der Waals surface area contributed by atoms with Gasteiger partial charge in [-0.15, -0.1) is 11.3 Å². The molecule has 0 aliphatic heterocycles. The molecule has 1 unspecified atom stereocenters. The van der Waals surface area contributed by atoms with Gasteiger partial charge in [0, 0.05) is 12.4 Å². The van der Waals surface area contributed by atoms with E-state index in [1.807, 2.05) is 30.3 Å². The smallest absolute Gasteiger partial charge is 0.306 e. The van der Waals surface area contributed by atoms with E-state index in [9.17, 15) is 15.0 Å². The summed E-state index contributed by atoms with van der Waals surface area (Å²) in [6.07, 6.45) is 6.09. The van der Waals surface area contributed by atoms with Crippen LogP contribution in [0.2, 0.25) is 0 Å². The van der Waals surface area contributed by atoms with Gasteiger partial charge < -0.3 is 15.5 Å². The van der Waals surface area contributed by atoms with Gasteiger partial charge in [-0.1, -0.05) is 19.9 Å². The van der Waals surface area contributed by atoms with Crippen LogP contribution in [-0.2, 0) is 10.4 Å². The highest BCUT2D eigenvalue weighted by molar-refractivity contribution is 7.15. The van der Waals surface area contributed by atoms with E-state index in [4.69, 9.17) is 4.98 Å². The Morgan fingerprint density at radius 1 is 1.15 bits per heavy atom. The van der Waals surface area contributed by atoms with E-state index in [0.29, 0.717) is 42.4 Å². The number of nitrogens with one attached hydrogen (secondary N) is 1. The molecule has 0 spiro atoms. The molecule has 1 aliphatic rings. The Labute approximate surface area is 198 Å². The lowest BCUT2D eigenvalue weighted by atomic mass is 9.74. The minimum Gasteiger partial charge on any atom is -0.481 e. The zero-order valence-corrected chi connectivity index (χ0v) is 20.0. The molecular formula is C25H30N4O3S. The van der Waals surface area contributed by atoms with Crippen LogP contribution in [0.4, 0.5) is 11.6 Å². The second kappa shape index (κ2) is 9.57. The first kappa shape index (κ1) is 23.3. The SMILES string of the molecule is CC(C)c1ccnc(Nc2cccc(-c3cnc(C(C)(O)[C@H]4CC[C@H](C(=O)O)CC4)s3)n2)c1. The summed E-state index contributed by atoms with van der Waals surface area (Å²) in [6.45, 7) is 6.08. The van der Waals surface area contributed by atoms with Gasteiger partial charge in [-0.2, -0.15) is 0 Å². The van der Waals surface area contributed by atoms with E-state index in [1.165, 1.54) is 16.9 Å². The number of carboxylic acid groups (broad SMARTS) is 1. The highest BCUT2D eigenvalue weighted by Gasteiger charge is 2.40. The Morgan fingerprint density at radius 3 is 2.61 bits per heavy atom. The average molecular weight is 467 g/mol. The fourth-order valence-corrected chi connectivity index (χ4v) is 5.36. The Hall–Kier alpha value is -2.84. The number of carboxylic acids is 1. The summed E-state index contributed by atoms with van der Waals surface area (Å²) in [5.41, 5.74) is 0.883. The van der Waals surface area contributed by atoms with Crippen molar-refractivity contribution < 1.29 is 15.0 Å². The van der Waals surface area contributed by atoms with Crippen molar-refractivity contribution in [3.8, 4) is 10.6 Å². The molecule has 0 saturated heterocycles. The molecular weight excluding hydrogens is 436 g/mol. The Kier molecular flexibility index (Phi) is 6.76. The maximum atomic E-state index is 11.3. The predicted octanol–water partition coefficient (Wildman–Crippen LogP) is 5.57. The van der Waals surface area contributed by atoms with E-state index in [0.717, 1.165) is 16.4 Å². The van der Waals surface area contributed by atoms with Crippen LogP contribution in [0, 0.1) is 11.8 Å². The molecule has 3 aromatic rings. The number of aromatic nitrogens is 3. The number of thiazole rings is 1. The van der Waals surface area contributed by atoms with Crippen molar-refractivity contribution in [2.24, 2.45) is 11.8 Å². The third kappa shape index (κ3) is 5.23. The van der Waals surface area contributed by atoms with Gasteiger partial charge in [0.15, 0.2) is 0 Å². The van der Waals surface area contributed by atoms with Crippen LogP contribution in [0.15, 0.2) is 42.7 Å². The molecule has 1 saturated carbocycles. The van der Waals surface area contributed by atoms with Gasteiger partial charge in [-0.25, -0.2) is 15.0 Å². The molecule has 3 N–H and O–H groups in total. The van der Waals surface area contributed by atoms with Crippen molar-refractivity contribution in [1.29, 1.82) is 0 Å². The summed E-state index contributed by atoms with van der Waals surface area (Å²) in [5.74, 6) is 0.794. The molecule has 3 aromatic heterocycles. The van der Waals surface area contributed by atoms with Gasteiger partial charge >= 0.3 is 5.97 Å². The second-order valence-corrected chi connectivity index (χ2v) is 10.3. The van der Waals surface area contributed by atoms with E-state index in [2.05, 4.69) is 29.1 Å². The Bertz CT molecular complexity index is 1120. The zero-order valence-electron chi connectivity index (χ0n) is 19.2. The van der Waals surface area contributed by atoms with Gasteiger partial charge in [0.05, 0.1) is 16.5 Å². The third-order valence-electron chi connectivity index (χ3n) is 6.52. The molecule has 3 heterocycles. The van der Waals surface area contributed by atoms with Gasteiger partial charge in [0.1, 0.15) is 22.2 Å². The highest BCUT2D eigenvalue weighted by Crippen LogP contribution is 2.43. The number of hydrogen-bond donors (Lipinski definition) is 3. The first-order valence-corrected chi connectivity index (χ1v) is 12.2. The first-order valence-electron chi connectivity index (χ1n) is 11.4. The summed E-state index contributed by atoms with van der Waals surface area (Å²) >= 11 is 1.43. The van der Waals surface area contributed by atoms with E-state index in [1.54, 1.807) is 19.3 Å². The topological polar surface area (TPSA) is 108 Å². The van der Waals surface area contributed by atoms with Gasteiger partial charge in [0.2, 0.25) is 0 Å². The zero-order chi connectivity index (χ0) is 23.6. The molecule has 1 atom stereocenters. The maximum absolute atomic E-state index is 11.3. The average Bonchev–Trinajstić information content (AvgIpc) is 3.31. The summed E-state index contributed by atoms with van der Waals surface area (Å²) in [4.78, 5) is 25.7. The molecule has 1 fully saturated rings. The highest BCUT2D eigenvalue weighted by atomic mass is 32.1. The molecule has 8 heteroatoms. The lowest BCUT2D eigenvalue weighted by molar-refractivity contribution is -0.144. The van der Waals surface area contributed by atoms with Gasteiger partial charge in [-0.05, 0) is 74.3 Å². The maximum Gasteiger partial charge on any atom is 0.306 e. The quantitative estimate of drug-likeness (QED) is 0.418. The summed E-state index contributed by atoms with van der Waals surface area (Å²) in [5, 5.41) is 24.4. The molecule has 7 nitrogen and oxygen atoms in total. The standard InChI is InChI=1S/C25H30N4O3S/c1-15(2)17-11-12-26-22(13-17)29-21-6-4-5-19(28-21)20-14-27-24(33-20)25(3,32)18-9-7-16(8-10-18)23(30)31/h4-6,11-16,18,32H,7-10H2,1-3H3,(H,30,31)(H,26,28,29)/t16-,18-,25?. The van der Waals surface area contributed by atoms with Gasteiger partial charge in [-0.3, -0.25) is 4.79 Å². The molecule has 4 rings (SSSR count). The minimum atomic E-state index is -1.09. The van der Waals surface area contributed by atoms with Crippen molar-refractivity contribution in [1.82, 2.24) is 15.0 Å². The predicted molar refractivity (Wildman–Crippen MR) is 130 cm³/mol. The largest absolute Gasteiger partial charge is 0.481 e. The van der Waals surface area contributed by atoms with Crippen molar-refractivity contribution in [3.63, 3.8) is 0 Å². The van der Waals surface area contributed by atoms with Crippen molar-refractivity contribution >= 4 is 28.9 Å². The number of rotatable bonds is 7. The summed E-state index contributed by atoms with van der Waals surface area (Å²) in [6, 6.07) is 9.79. The number of carbonyl (C=O) groups is 1. The van der Waals surface area contributed by atoms with Crippen LogP contribution in [-0.4, -0.2) is 31.1 Å². The lowest BCUT2D eigenvalue weighted by Crippen LogP contribution is -2.35. The van der Waals surface area contributed by atoms with E-state index < -0.39 is 11.6 Å². The normalized spacial score (nSPS) is 20.4. The van der Waals surface area contributed by atoms with Crippen LogP contribution in [0.3, 0.4) is 0 Å². The molecule has 0 aromatic carbocycles. The van der Waals surface area contributed by atoms with E-state index in [-0.39, 0.29) is 11.8 Å². The number of aliphatic carboxylic acids is 1. The summed E-state index contributed by atoms with van der Waals surface area (Å²) in [7, 11) is 0. The molecule has 174 valence electrons. The first-order chi connectivity index (χ1) is 15.7. The molecule has 33 heavy (non-hydrogen) atoms.